The van der Waals surface area contributed by atoms with E-state index in [1.807, 2.05) is 0 Å². The molecule has 3 rings (SSSR count). The Bertz CT molecular complexity index is 734. The highest BCUT2D eigenvalue weighted by molar-refractivity contribution is 6.30. The Kier molecular flexibility index (Phi) is 5.53. The van der Waals surface area contributed by atoms with Crippen molar-refractivity contribution in [3.8, 4) is 5.75 Å². The highest BCUT2D eigenvalue weighted by Crippen LogP contribution is 2.33. The molecular formula is C16H19ClFN3O4. The number of hydrogen-bond acceptors (Lipinski definition) is 7. The van der Waals surface area contributed by atoms with Crippen molar-refractivity contribution in [1.29, 1.82) is 0 Å². The molecule has 136 valence electrons. The van der Waals surface area contributed by atoms with E-state index in [1.165, 1.54) is 12.1 Å². The Labute approximate surface area is 149 Å². The molecule has 0 amide bonds. The van der Waals surface area contributed by atoms with Crippen LogP contribution in [-0.4, -0.2) is 35.6 Å². The van der Waals surface area contributed by atoms with Crippen LogP contribution >= 0.6 is 11.6 Å². The molecule has 1 aromatic carbocycles. The van der Waals surface area contributed by atoms with Gasteiger partial charge < -0.3 is 19.1 Å². The number of nitrogens with one attached hydrogen (secondary N) is 1. The molecule has 2 aromatic rings. The zero-order valence-electron chi connectivity index (χ0n) is 13.7. The molecule has 0 atom stereocenters. The Morgan fingerprint density at radius 2 is 2.16 bits per heavy atom. The van der Waals surface area contributed by atoms with Gasteiger partial charge in [0.2, 0.25) is 5.89 Å². The highest BCUT2D eigenvalue weighted by Gasteiger charge is 2.39. The molecule has 1 saturated heterocycles. The van der Waals surface area contributed by atoms with Crippen molar-refractivity contribution in [2.24, 2.45) is 0 Å². The molecule has 0 spiro atoms. The van der Waals surface area contributed by atoms with Gasteiger partial charge in [-0.1, -0.05) is 16.8 Å². The van der Waals surface area contributed by atoms with E-state index in [1.54, 1.807) is 7.11 Å². The molecule has 0 saturated carbocycles. The summed E-state index contributed by atoms with van der Waals surface area (Å²) in [5, 5.41) is 17.0. The minimum atomic E-state index is -0.668. The van der Waals surface area contributed by atoms with E-state index >= 15 is 0 Å². The van der Waals surface area contributed by atoms with Crippen molar-refractivity contribution in [2.75, 3.05) is 20.3 Å². The van der Waals surface area contributed by atoms with Gasteiger partial charge in [-0.3, -0.25) is 5.32 Å². The summed E-state index contributed by atoms with van der Waals surface area (Å²) in [6.07, 6.45) is 1.15. The van der Waals surface area contributed by atoms with Crippen LogP contribution in [0.1, 0.15) is 30.1 Å². The van der Waals surface area contributed by atoms with E-state index in [0.29, 0.717) is 37.8 Å². The molecule has 7 nitrogen and oxygen atoms in total. The monoisotopic (exact) mass is 371 g/mol. The molecule has 1 aliphatic heterocycles. The standard InChI is InChI=1S/C16H19ClFN3O4/c1-23-9-13-20-15(25-21-13)16(4-6-24-7-5-16)19-8-10-12(22)3-2-11(17)14(10)18/h2-3,19,22H,4-9H2,1H3. The predicted molar refractivity (Wildman–Crippen MR) is 86.7 cm³/mol. The number of aromatic hydroxyl groups is 1. The quantitative estimate of drug-likeness (QED) is 0.806. The van der Waals surface area contributed by atoms with Gasteiger partial charge in [-0.05, 0) is 25.0 Å². The minimum absolute atomic E-state index is 0.0456. The second kappa shape index (κ2) is 7.65. The van der Waals surface area contributed by atoms with Crippen molar-refractivity contribution in [1.82, 2.24) is 15.5 Å². The topological polar surface area (TPSA) is 89.6 Å². The Hall–Kier alpha value is -1.74. The van der Waals surface area contributed by atoms with E-state index in [-0.39, 0.29) is 29.5 Å². The van der Waals surface area contributed by atoms with Gasteiger partial charge >= 0.3 is 0 Å². The van der Waals surface area contributed by atoms with Crippen LogP contribution in [0.4, 0.5) is 4.39 Å². The van der Waals surface area contributed by atoms with E-state index in [9.17, 15) is 9.50 Å². The first kappa shape index (κ1) is 18.1. The average molecular weight is 372 g/mol. The second-order valence-electron chi connectivity index (χ2n) is 5.86. The number of benzene rings is 1. The highest BCUT2D eigenvalue weighted by atomic mass is 35.5. The maximum atomic E-state index is 14.2. The number of hydrogen-bond donors (Lipinski definition) is 2. The number of rotatable bonds is 6. The van der Waals surface area contributed by atoms with Gasteiger partial charge in [0.15, 0.2) is 5.82 Å². The fraction of sp³-hybridized carbons (Fsp3) is 0.500. The summed E-state index contributed by atoms with van der Waals surface area (Å²) in [4.78, 5) is 4.37. The SMILES string of the molecule is COCc1noc(C2(NCc3c(O)ccc(Cl)c3F)CCOCC2)n1. The lowest BCUT2D eigenvalue weighted by Gasteiger charge is -2.35. The van der Waals surface area contributed by atoms with Crippen LogP contribution in [0.5, 0.6) is 5.75 Å². The van der Waals surface area contributed by atoms with E-state index in [4.69, 9.17) is 25.6 Å². The van der Waals surface area contributed by atoms with Gasteiger partial charge in [-0.15, -0.1) is 0 Å². The molecular weight excluding hydrogens is 353 g/mol. The van der Waals surface area contributed by atoms with Gasteiger partial charge in [0.1, 0.15) is 23.7 Å². The molecule has 25 heavy (non-hydrogen) atoms. The fourth-order valence-electron chi connectivity index (χ4n) is 2.83. The molecule has 1 fully saturated rings. The summed E-state index contributed by atoms with van der Waals surface area (Å²) >= 11 is 5.81. The molecule has 0 radical (unpaired) electrons. The Morgan fingerprint density at radius 1 is 1.40 bits per heavy atom. The first-order valence-electron chi connectivity index (χ1n) is 7.86. The number of ether oxygens (including phenoxy) is 2. The third-order valence-corrected chi connectivity index (χ3v) is 4.56. The number of phenolic OH excluding ortho intramolecular Hbond substituents is 1. The maximum Gasteiger partial charge on any atom is 0.247 e. The van der Waals surface area contributed by atoms with E-state index in [2.05, 4.69) is 15.5 Å². The Morgan fingerprint density at radius 3 is 2.88 bits per heavy atom. The second-order valence-corrected chi connectivity index (χ2v) is 6.26. The van der Waals surface area contributed by atoms with E-state index in [0.717, 1.165) is 0 Å². The zero-order chi connectivity index (χ0) is 17.9. The van der Waals surface area contributed by atoms with Crippen molar-refractivity contribution in [2.45, 2.75) is 31.5 Å². The van der Waals surface area contributed by atoms with Gasteiger partial charge in [-0.25, -0.2) is 4.39 Å². The van der Waals surface area contributed by atoms with Crippen molar-refractivity contribution in [3.05, 3.63) is 40.3 Å². The summed E-state index contributed by atoms with van der Waals surface area (Å²) in [6, 6.07) is 2.68. The summed E-state index contributed by atoms with van der Waals surface area (Å²) in [6.45, 7) is 1.29. The number of methoxy groups -OCH3 is 1. The average Bonchev–Trinajstić information content (AvgIpc) is 3.09. The molecule has 0 aliphatic carbocycles. The lowest BCUT2D eigenvalue weighted by atomic mass is 9.89. The number of aromatic nitrogens is 2. The first-order valence-corrected chi connectivity index (χ1v) is 8.24. The lowest BCUT2D eigenvalue weighted by molar-refractivity contribution is 0.0216. The largest absolute Gasteiger partial charge is 0.508 e. The van der Waals surface area contributed by atoms with Crippen molar-refractivity contribution < 1.29 is 23.5 Å². The smallest absolute Gasteiger partial charge is 0.247 e. The minimum Gasteiger partial charge on any atom is -0.508 e. The van der Waals surface area contributed by atoms with Crippen LogP contribution in [0.25, 0.3) is 0 Å². The number of halogens is 2. The van der Waals surface area contributed by atoms with Gasteiger partial charge in [-0.2, -0.15) is 4.98 Å². The molecule has 9 heteroatoms. The van der Waals surface area contributed by atoms with Gasteiger partial charge in [0.05, 0.1) is 5.02 Å². The van der Waals surface area contributed by atoms with Crippen LogP contribution in [0.2, 0.25) is 5.02 Å². The summed E-state index contributed by atoms with van der Waals surface area (Å²) < 4.78 is 30.0. The van der Waals surface area contributed by atoms with Crippen LogP contribution in [0.3, 0.4) is 0 Å². The molecule has 2 heterocycles. The summed E-state index contributed by atoms with van der Waals surface area (Å²) in [5.74, 6) is 0.0101. The van der Waals surface area contributed by atoms with Crippen molar-refractivity contribution >= 4 is 11.6 Å². The maximum absolute atomic E-state index is 14.2. The van der Waals surface area contributed by atoms with Crippen LogP contribution < -0.4 is 5.32 Å². The summed E-state index contributed by atoms with van der Waals surface area (Å²) in [7, 11) is 1.54. The van der Waals surface area contributed by atoms with Crippen LogP contribution in [0.15, 0.2) is 16.7 Å². The molecule has 1 aromatic heterocycles. The zero-order valence-corrected chi connectivity index (χ0v) is 14.5. The Balaban J connectivity index is 1.85. The molecule has 2 N–H and O–H groups in total. The third-order valence-electron chi connectivity index (χ3n) is 4.27. The fourth-order valence-corrected chi connectivity index (χ4v) is 3.01. The predicted octanol–water partition coefficient (Wildman–Crippen LogP) is 2.51. The van der Waals surface area contributed by atoms with Gasteiger partial charge in [0.25, 0.3) is 0 Å². The number of phenols is 1. The van der Waals surface area contributed by atoms with E-state index < -0.39 is 11.4 Å². The number of nitrogens with zero attached hydrogens (tertiary/aromatic N) is 2. The van der Waals surface area contributed by atoms with Gasteiger partial charge in [0, 0.05) is 32.4 Å². The lowest BCUT2D eigenvalue weighted by Crippen LogP contribution is -2.46. The normalized spacial score (nSPS) is 16.9. The van der Waals surface area contributed by atoms with Crippen LogP contribution in [0, 0.1) is 5.82 Å². The van der Waals surface area contributed by atoms with Crippen LogP contribution in [-0.2, 0) is 28.2 Å². The first-order chi connectivity index (χ1) is 12.1. The molecule has 1 aliphatic rings. The molecule has 0 bridgehead atoms. The summed E-state index contributed by atoms with van der Waals surface area (Å²) in [5.41, 5.74) is -0.576. The molecule has 0 unspecified atom stereocenters. The van der Waals surface area contributed by atoms with Crippen molar-refractivity contribution in [3.63, 3.8) is 0 Å². The third kappa shape index (κ3) is 3.77.